The van der Waals surface area contributed by atoms with Crippen molar-refractivity contribution in [1.82, 2.24) is 4.90 Å². The Hall–Kier alpha value is -2.34. The lowest BCUT2D eigenvalue weighted by Crippen LogP contribution is -2.31. The summed E-state index contributed by atoms with van der Waals surface area (Å²) in [6.45, 7) is 10.7. The Bertz CT molecular complexity index is 841. The molecule has 0 saturated carbocycles. The van der Waals surface area contributed by atoms with E-state index in [2.05, 4.69) is 30.2 Å². The first-order chi connectivity index (χ1) is 15.6. The average Bonchev–Trinajstić information content (AvgIpc) is 3.49. The van der Waals surface area contributed by atoms with Gasteiger partial charge in [0.25, 0.3) is 0 Å². The van der Waals surface area contributed by atoms with Crippen LogP contribution >= 0.6 is 0 Å². The van der Waals surface area contributed by atoms with Crippen molar-refractivity contribution in [1.29, 1.82) is 0 Å². The van der Waals surface area contributed by atoms with Crippen LogP contribution < -0.4 is 4.74 Å². The molecule has 174 valence electrons. The Morgan fingerprint density at radius 2 is 1.94 bits per heavy atom. The maximum atomic E-state index is 11.3. The van der Waals surface area contributed by atoms with E-state index < -0.39 is 5.60 Å². The van der Waals surface area contributed by atoms with Crippen molar-refractivity contribution in [3.8, 4) is 5.75 Å². The summed E-state index contributed by atoms with van der Waals surface area (Å²) in [7, 11) is 1.69. The van der Waals surface area contributed by atoms with Crippen LogP contribution in [-0.2, 0) is 23.4 Å². The van der Waals surface area contributed by atoms with E-state index in [0.717, 1.165) is 56.9 Å². The molecule has 0 bridgehead atoms. The van der Waals surface area contributed by atoms with Crippen LogP contribution in [0.15, 0.2) is 66.1 Å². The van der Waals surface area contributed by atoms with Crippen LogP contribution in [0.1, 0.15) is 55.6 Å². The number of furan rings is 1. The quantitative estimate of drug-likeness (QED) is 0.389. The summed E-state index contributed by atoms with van der Waals surface area (Å²) in [5.74, 6) is 2.32. The zero-order chi connectivity index (χ0) is 22.8. The van der Waals surface area contributed by atoms with Crippen molar-refractivity contribution < 1.29 is 19.0 Å². The third kappa shape index (κ3) is 6.83. The zero-order valence-electron chi connectivity index (χ0n) is 19.3. The molecule has 5 heteroatoms. The fourth-order valence-corrected chi connectivity index (χ4v) is 4.28. The summed E-state index contributed by atoms with van der Waals surface area (Å²) in [6.07, 6.45) is 8.73. The lowest BCUT2D eigenvalue weighted by molar-refractivity contribution is -0.00261. The van der Waals surface area contributed by atoms with E-state index in [1.54, 1.807) is 7.11 Å². The van der Waals surface area contributed by atoms with Gasteiger partial charge in [-0.2, -0.15) is 0 Å². The lowest BCUT2D eigenvalue weighted by Gasteiger charge is -2.26. The first-order valence-electron chi connectivity index (χ1n) is 11.6. The molecule has 0 radical (unpaired) electrons. The monoisotopic (exact) mass is 439 g/mol. The zero-order valence-corrected chi connectivity index (χ0v) is 19.3. The number of aliphatic hydroxyl groups is 1. The van der Waals surface area contributed by atoms with Crippen LogP contribution in [0.3, 0.4) is 0 Å². The number of hydrogen-bond donors (Lipinski definition) is 1. The minimum Gasteiger partial charge on any atom is -0.497 e. The van der Waals surface area contributed by atoms with Crippen molar-refractivity contribution >= 4 is 0 Å². The second-order valence-electron chi connectivity index (χ2n) is 8.61. The third-order valence-corrected chi connectivity index (χ3v) is 6.05. The van der Waals surface area contributed by atoms with Crippen LogP contribution in [0, 0.1) is 0 Å². The minimum absolute atomic E-state index is 0.243. The second-order valence-corrected chi connectivity index (χ2v) is 8.61. The number of rotatable bonds is 14. The van der Waals surface area contributed by atoms with Gasteiger partial charge in [0.05, 0.1) is 19.8 Å². The van der Waals surface area contributed by atoms with Gasteiger partial charge in [-0.25, -0.2) is 0 Å². The Balaban J connectivity index is 1.75. The fraction of sp³-hybridized carbons (Fsp3) is 0.481. The topological polar surface area (TPSA) is 55.1 Å². The highest BCUT2D eigenvalue weighted by molar-refractivity contribution is 5.28. The standard InChI is InChI=1S/C27H37NO4/c1-4-6-15-27(29,16-7-5-2)26-14-13-25(32-26)21-28(20-24-12-9-17-31-24)19-22-10-8-11-23(18-22)30-3/h4-5,8,10-11,13-14,18,24,29H,1-2,6-7,9,12,15-17,19-21H2,3H3/t24-/m1/s1. The Kier molecular flexibility index (Phi) is 9.15. The maximum absolute atomic E-state index is 11.3. The molecule has 1 atom stereocenters. The number of benzene rings is 1. The first kappa shape index (κ1) is 24.3. The van der Waals surface area contributed by atoms with Gasteiger partial charge in [0, 0.05) is 19.7 Å². The third-order valence-electron chi connectivity index (χ3n) is 6.05. The van der Waals surface area contributed by atoms with E-state index in [-0.39, 0.29) is 6.10 Å². The molecule has 2 aromatic rings. The van der Waals surface area contributed by atoms with E-state index in [9.17, 15) is 5.11 Å². The van der Waals surface area contributed by atoms with Crippen molar-refractivity contribution in [2.24, 2.45) is 0 Å². The first-order valence-corrected chi connectivity index (χ1v) is 11.6. The highest BCUT2D eigenvalue weighted by Crippen LogP contribution is 2.33. The summed E-state index contributed by atoms with van der Waals surface area (Å²) in [5.41, 5.74) is 0.176. The van der Waals surface area contributed by atoms with Crippen LogP contribution in [0.5, 0.6) is 5.75 Å². The number of hydrogen-bond acceptors (Lipinski definition) is 5. The van der Waals surface area contributed by atoms with E-state index >= 15 is 0 Å². The predicted molar refractivity (Wildman–Crippen MR) is 128 cm³/mol. The SMILES string of the molecule is C=CCCC(O)(CCC=C)c1ccc(CN(Cc2cccc(OC)c2)C[C@H]2CCCO2)o1. The molecular weight excluding hydrogens is 402 g/mol. The van der Waals surface area contributed by atoms with Gasteiger partial charge in [0.15, 0.2) is 0 Å². The van der Waals surface area contributed by atoms with Gasteiger partial charge in [0.2, 0.25) is 0 Å². The Labute approximate surface area is 192 Å². The Morgan fingerprint density at radius 3 is 2.59 bits per heavy atom. The number of ether oxygens (including phenoxy) is 2. The molecule has 0 unspecified atom stereocenters. The summed E-state index contributed by atoms with van der Waals surface area (Å²) < 4.78 is 17.5. The molecule has 1 aliphatic rings. The molecular formula is C27H37NO4. The van der Waals surface area contributed by atoms with Gasteiger partial charge < -0.3 is 19.0 Å². The molecule has 32 heavy (non-hydrogen) atoms. The molecule has 0 spiro atoms. The normalized spacial score (nSPS) is 16.4. The van der Waals surface area contributed by atoms with E-state index in [1.165, 1.54) is 5.56 Å². The molecule has 1 saturated heterocycles. The molecule has 1 aromatic heterocycles. The molecule has 1 fully saturated rings. The molecule has 0 aliphatic carbocycles. The smallest absolute Gasteiger partial charge is 0.135 e. The molecule has 2 heterocycles. The van der Waals surface area contributed by atoms with E-state index in [0.29, 0.717) is 25.1 Å². The van der Waals surface area contributed by atoms with Crippen molar-refractivity contribution in [3.63, 3.8) is 0 Å². The predicted octanol–water partition coefficient (Wildman–Crippen LogP) is 5.59. The summed E-state index contributed by atoms with van der Waals surface area (Å²) in [4.78, 5) is 2.35. The second kappa shape index (κ2) is 12.0. The summed E-state index contributed by atoms with van der Waals surface area (Å²) in [6, 6.07) is 12.1. The van der Waals surface area contributed by atoms with Crippen LogP contribution in [-0.4, -0.2) is 36.4 Å². The molecule has 0 amide bonds. The average molecular weight is 440 g/mol. The van der Waals surface area contributed by atoms with Crippen LogP contribution in [0.4, 0.5) is 0 Å². The molecule has 1 aromatic carbocycles. The van der Waals surface area contributed by atoms with E-state index in [4.69, 9.17) is 13.9 Å². The highest BCUT2D eigenvalue weighted by atomic mass is 16.5. The molecule has 5 nitrogen and oxygen atoms in total. The number of nitrogens with zero attached hydrogens (tertiary/aromatic N) is 1. The van der Waals surface area contributed by atoms with Gasteiger partial charge in [-0.05, 0) is 68.4 Å². The van der Waals surface area contributed by atoms with Crippen LogP contribution in [0.2, 0.25) is 0 Å². The number of allylic oxidation sites excluding steroid dienone is 2. The lowest BCUT2D eigenvalue weighted by atomic mass is 9.89. The van der Waals surface area contributed by atoms with Crippen molar-refractivity contribution in [2.45, 2.75) is 63.3 Å². The summed E-state index contributed by atoms with van der Waals surface area (Å²) >= 11 is 0. The summed E-state index contributed by atoms with van der Waals surface area (Å²) in [5, 5.41) is 11.3. The Morgan fingerprint density at radius 1 is 1.16 bits per heavy atom. The maximum Gasteiger partial charge on any atom is 0.135 e. The molecule has 3 rings (SSSR count). The molecule has 1 N–H and O–H groups in total. The molecule has 1 aliphatic heterocycles. The van der Waals surface area contributed by atoms with Gasteiger partial charge in [-0.15, -0.1) is 13.2 Å². The van der Waals surface area contributed by atoms with Crippen molar-refractivity contribution in [3.05, 3.63) is 78.8 Å². The van der Waals surface area contributed by atoms with Crippen molar-refractivity contribution in [2.75, 3.05) is 20.3 Å². The minimum atomic E-state index is -1.01. The fourth-order valence-electron chi connectivity index (χ4n) is 4.28. The van der Waals surface area contributed by atoms with Gasteiger partial charge in [-0.3, -0.25) is 4.90 Å². The number of methoxy groups -OCH3 is 1. The van der Waals surface area contributed by atoms with Gasteiger partial charge >= 0.3 is 0 Å². The van der Waals surface area contributed by atoms with Gasteiger partial charge in [-0.1, -0.05) is 24.3 Å². The van der Waals surface area contributed by atoms with Gasteiger partial charge in [0.1, 0.15) is 22.9 Å². The van der Waals surface area contributed by atoms with Crippen LogP contribution in [0.25, 0.3) is 0 Å². The highest BCUT2D eigenvalue weighted by Gasteiger charge is 2.31. The van der Waals surface area contributed by atoms with E-state index in [1.807, 2.05) is 36.4 Å². The largest absolute Gasteiger partial charge is 0.497 e.